The van der Waals surface area contributed by atoms with Gasteiger partial charge in [0.1, 0.15) is 0 Å². The van der Waals surface area contributed by atoms with E-state index in [4.69, 9.17) is 33.4 Å². The number of halogens is 2. The zero-order valence-corrected chi connectivity index (χ0v) is 13.8. The summed E-state index contributed by atoms with van der Waals surface area (Å²) in [6.07, 6.45) is 0. The molecule has 6 nitrogen and oxygen atoms in total. The molecule has 0 aliphatic heterocycles. The Hall–Kier alpha value is -2.57. The van der Waals surface area contributed by atoms with Crippen LogP contribution in [0.15, 0.2) is 46.9 Å². The van der Waals surface area contributed by atoms with Crippen molar-refractivity contribution in [1.29, 1.82) is 0 Å². The summed E-state index contributed by atoms with van der Waals surface area (Å²) >= 11 is 12.1. The molecule has 0 saturated heterocycles. The van der Waals surface area contributed by atoms with Gasteiger partial charge in [-0.1, -0.05) is 41.4 Å². The zero-order chi connectivity index (χ0) is 17.1. The third kappa shape index (κ3) is 3.34. The van der Waals surface area contributed by atoms with E-state index in [0.717, 1.165) is 0 Å². The number of carbonyl (C=O) groups excluding carboxylic acids is 1. The molecular weight excluding hydrogens is 351 g/mol. The second-order valence-electron chi connectivity index (χ2n) is 4.88. The molecule has 0 fully saturated rings. The van der Waals surface area contributed by atoms with Crippen LogP contribution in [0.1, 0.15) is 16.2 Å². The van der Waals surface area contributed by atoms with Gasteiger partial charge in [-0.2, -0.15) is 0 Å². The van der Waals surface area contributed by atoms with Crippen LogP contribution in [0.25, 0.3) is 11.5 Å². The van der Waals surface area contributed by atoms with Gasteiger partial charge in [-0.3, -0.25) is 4.79 Å². The summed E-state index contributed by atoms with van der Waals surface area (Å²) in [5, 5.41) is 11.2. The standard InChI is InChI=1S/C16H12Cl2N4O2/c17-11-5-3-6-12(18)10(11)8-20-14(23)16-22-21-15(24-16)9-4-1-2-7-13(9)19/h1-7H,8,19H2,(H,20,23). The molecule has 122 valence electrons. The molecule has 0 atom stereocenters. The number of anilines is 1. The van der Waals surface area contributed by atoms with Crippen molar-refractivity contribution >= 4 is 34.8 Å². The van der Waals surface area contributed by atoms with Gasteiger partial charge in [0.2, 0.25) is 5.89 Å². The van der Waals surface area contributed by atoms with E-state index >= 15 is 0 Å². The molecule has 3 rings (SSSR count). The van der Waals surface area contributed by atoms with Crippen LogP contribution in [0.4, 0.5) is 5.69 Å². The van der Waals surface area contributed by atoms with Gasteiger partial charge in [0.05, 0.1) is 5.56 Å². The molecule has 1 heterocycles. The fraction of sp³-hybridized carbons (Fsp3) is 0.0625. The van der Waals surface area contributed by atoms with Crippen LogP contribution in [-0.4, -0.2) is 16.1 Å². The number of amides is 1. The highest BCUT2D eigenvalue weighted by molar-refractivity contribution is 6.36. The monoisotopic (exact) mass is 362 g/mol. The Morgan fingerprint density at radius 3 is 2.50 bits per heavy atom. The number of hydrogen-bond acceptors (Lipinski definition) is 5. The van der Waals surface area contributed by atoms with Gasteiger partial charge < -0.3 is 15.5 Å². The summed E-state index contributed by atoms with van der Waals surface area (Å²) in [5.74, 6) is -0.523. The van der Waals surface area contributed by atoms with Crippen LogP contribution in [-0.2, 0) is 6.54 Å². The van der Waals surface area contributed by atoms with Crippen molar-refractivity contribution in [3.05, 3.63) is 64.0 Å². The molecule has 0 radical (unpaired) electrons. The topological polar surface area (TPSA) is 94.0 Å². The van der Waals surface area contributed by atoms with E-state index in [9.17, 15) is 4.79 Å². The van der Waals surface area contributed by atoms with Crippen LogP contribution < -0.4 is 11.1 Å². The molecule has 2 aromatic carbocycles. The number of nitrogens with zero attached hydrogens (tertiary/aromatic N) is 2. The molecule has 0 bridgehead atoms. The maximum atomic E-state index is 12.1. The van der Waals surface area contributed by atoms with Crippen molar-refractivity contribution in [2.45, 2.75) is 6.54 Å². The minimum atomic E-state index is -0.528. The smallest absolute Gasteiger partial charge is 0.309 e. The minimum absolute atomic E-state index is 0.141. The lowest BCUT2D eigenvalue weighted by Crippen LogP contribution is -2.23. The molecule has 24 heavy (non-hydrogen) atoms. The summed E-state index contributed by atoms with van der Waals surface area (Å²) in [7, 11) is 0. The lowest BCUT2D eigenvalue weighted by atomic mass is 10.2. The van der Waals surface area contributed by atoms with E-state index in [1.807, 2.05) is 0 Å². The molecule has 0 aliphatic rings. The Kier molecular flexibility index (Phi) is 4.69. The highest BCUT2D eigenvalue weighted by Crippen LogP contribution is 2.25. The molecule has 8 heteroatoms. The molecule has 3 N–H and O–H groups in total. The molecule has 0 saturated carbocycles. The van der Waals surface area contributed by atoms with Crippen LogP contribution in [0.5, 0.6) is 0 Å². The van der Waals surface area contributed by atoms with E-state index in [1.165, 1.54) is 0 Å². The summed E-state index contributed by atoms with van der Waals surface area (Å²) in [6.45, 7) is 0.141. The Balaban J connectivity index is 1.74. The number of nitrogens with two attached hydrogens (primary N) is 1. The summed E-state index contributed by atoms with van der Waals surface area (Å²) in [4.78, 5) is 12.1. The number of aromatic nitrogens is 2. The predicted octanol–water partition coefficient (Wildman–Crippen LogP) is 3.56. The van der Waals surface area contributed by atoms with E-state index in [2.05, 4.69) is 15.5 Å². The lowest BCUT2D eigenvalue weighted by molar-refractivity contribution is 0.0917. The van der Waals surface area contributed by atoms with Crippen molar-refractivity contribution in [3.63, 3.8) is 0 Å². The number of hydrogen-bond donors (Lipinski definition) is 2. The number of benzene rings is 2. The average Bonchev–Trinajstić information content (AvgIpc) is 3.04. The van der Waals surface area contributed by atoms with Crippen molar-refractivity contribution in [2.75, 3.05) is 5.73 Å². The van der Waals surface area contributed by atoms with E-state index < -0.39 is 5.91 Å². The fourth-order valence-electron chi connectivity index (χ4n) is 2.06. The van der Waals surface area contributed by atoms with Crippen molar-refractivity contribution in [3.8, 4) is 11.5 Å². The molecule has 3 aromatic rings. The van der Waals surface area contributed by atoms with E-state index in [0.29, 0.717) is 26.9 Å². The molecular formula is C16H12Cl2N4O2. The number of nitrogens with one attached hydrogen (secondary N) is 1. The lowest BCUT2D eigenvalue weighted by Gasteiger charge is -2.07. The average molecular weight is 363 g/mol. The number of carbonyl (C=O) groups is 1. The van der Waals surface area contributed by atoms with Gasteiger partial charge in [-0.05, 0) is 24.3 Å². The molecule has 0 unspecified atom stereocenters. The van der Waals surface area contributed by atoms with E-state index in [-0.39, 0.29) is 18.3 Å². The summed E-state index contributed by atoms with van der Waals surface area (Å²) < 4.78 is 5.38. The Bertz CT molecular complexity index is 875. The minimum Gasteiger partial charge on any atom is -0.412 e. The molecule has 1 amide bonds. The van der Waals surface area contributed by atoms with Gasteiger partial charge in [-0.15, -0.1) is 10.2 Å². The maximum absolute atomic E-state index is 12.1. The zero-order valence-electron chi connectivity index (χ0n) is 12.3. The Morgan fingerprint density at radius 2 is 1.79 bits per heavy atom. The largest absolute Gasteiger partial charge is 0.412 e. The first kappa shape index (κ1) is 16.3. The molecule has 1 aromatic heterocycles. The SMILES string of the molecule is Nc1ccccc1-c1nnc(C(=O)NCc2c(Cl)cccc2Cl)o1. The van der Waals surface area contributed by atoms with Crippen LogP contribution >= 0.6 is 23.2 Å². The van der Waals surface area contributed by atoms with Gasteiger partial charge in [-0.25, -0.2) is 0 Å². The third-order valence-corrected chi connectivity index (χ3v) is 4.01. The number of rotatable bonds is 4. The quantitative estimate of drug-likeness (QED) is 0.692. The number of nitrogen functional groups attached to an aromatic ring is 1. The van der Waals surface area contributed by atoms with Crippen LogP contribution in [0.2, 0.25) is 10.0 Å². The normalized spacial score (nSPS) is 10.6. The Labute approximate surface area is 147 Å². The van der Waals surface area contributed by atoms with E-state index in [1.54, 1.807) is 42.5 Å². The van der Waals surface area contributed by atoms with Gasteiger partial charge in [0.15, 0.2) is 0 Å². The molecule has 0 aliphatic carbocycles. The first-order valence-corrected chi connectivity index (χ1v) is 7.71. The summed E-state index contributed by atoms with van der Waals surface area (Å²) in [6, 6.07) is 12.1. The highest BCUT2D eigenvalue weighted by atomic mass is 35.5. The predicted molar refractivity (Wildman–Crippen MR) is 91.8 cm³/mol. The van der Waals surface area contributed by atoms with Crippen molar-refractivity contribution in [1.82, 2.24) is 15.5 Å². The maximum Gasteiger partial charge on any atom is 0.309 e. The first-order valence-electron chi connectivity index (χ1n) is 6.95. The third-order valence-electron chi connectivity index (χ3n) is 3.30. The second-order valence-corrected chi connectivity index (χ2v) is 5.70. The fourth-order valence-corrected chi connectivity index (χ4v) is 2.59. The van der Waals surface area contributed by atoms with Crippen LogP contribution in [0.3, 0.4) is 0 Å². The number of para-hydroxylation sites is 1. The summed E-state index contributed by atoms with van der Waals surface area (Å²) in [5.41, 5.74) is 7.51. The Morgan fingerprint density at radius 1 is 1.08 bits per heavy atom. The van der Waals surface area contributed by atoms with Crippen molar-refractivity contribution < 1.29 is 9.21 Å². The highest BCUT2D eigenvalue weighted by Gasteiger charge is 2.17. The van der Waals surface area contributed by atoms with Gasteiger partial charge in [0.25, 0.3) is 0 Å². The second kappa shape index (κ2) is 6.90. The molecule has 0 spiro atoms. The van der Waals surface area contributed by atoms with Crippen molar-refractivity contribution in [2.24, 2.45) is 0 Å². The first-order chi connectivity index (χ1) is 11.6. The van der Waals surface area contributed by atoms with Crippen LogP contribution in [0, 0.1) is 0 Å². The van der Waals surface area contributed by atoms with Gasteiger partial charge in [0, 0.05) is 27.8 Å². The van der Waals surface area contributed by atoms with Gasteiger partial charge >= 0.3 is 11.8 Å².